The molecule has 0 atom stereocenters. The maximum Gasteiger partial charge on any atom is 0.161 e. The van der Waals surface area contributed by atoms with Crippen LogP contribution in [0.3, 0.4) is 0 Å². The first-order chi connectivity index (χ1) is 14.8. The average molecular weight is 402 g/mol. The van der Waals surface area contributed by atoms with E-state index in [-0.39, 0.29) is 0 Å². The van der Waals surface area contributed by atoms with E-state index in [2.05, 4.69) is 33.0 Å². The number of fused-ring (bicyclic) bond motifs is 1. The quantitative estimate of drug-likeness (QED) is 0.650. The summed E-state index contributed by atoms with van der Waals surface area (Å²) in [6.07, 6.45) is 7.03. The van der Waals surface area contributed by atoms with Gasteiger partial charge in [-0.1, -0.05) is 12.1 Å². The first-order valence-corrected chi connectivity index (χ1v) is 10.7. The third kappa shape index (κ3) is 3.87. The summed E-state index contributed by atoms with van der Waals surface area (Å²) < 4.78 is 5.39. The Hall–Kier alpha value is -2.99. The van der Waals surface area contributed by atoms with Crippen molar-refractivity contribution in [2.45, 2.75) is 32.4 Å². The molecule has 1 aromatic carbocycles. The van der Waals surface area contributed by atoms with Crippen LogP contribution in [0, 0.1) is 0 Å². The molecule has 2 aliphatic heterocycles. The zero-order valence-corrected chi connectivity index (χ0v) is 17.4. The normalized spacial score (nSPS) is 16.5. The monoisotopic (exact) mass is 401 g/mol. The Morgan fingerprint density at radius 3 is 2.63 bits per heavy atom. The molecule has 2 aromatic heterocycles. The average Bonchev–Trinajstić information content (AvgIpc) is 3.34. The van der Waals surface area contributed by atoms with Crippen LogP contribution in [0.25, 0.3) is 11.4 Å². The molecule has 6 heteroatoms. The molecule has 5 rings (SSSR count). The number of benzene rings is 1. The summed E-state index contributed by atoms with van der Waals surface area (Å²) in [5.41, 5.74) is 4.80. The fourth-order valence-corrected chi connectivity index (χ4v) is 4.44. The van der Waals surface area contributed by atoms with Crippen molar-refractivity contribution in [1.29, 1.82) is 0 Å². The van der Waals surface area contributed by atoms with Crippen LogP contribution in [0.4, 0.5) is 5.82 Å². The number of nitrogens with zero attached hydrogens (tertiary/aromatic N) is 5. The molecule has 0 spiro atoms. The molecule has 0 amide bonds. The highest BCUT2D eigenvalue weighted by atomic mass is 16.5. The fraction of sp³-hybridized carbons (Fsp3) is 0.375. The number of hydrogen-bond donors (Lipinski definition) is 0. The van der Waals surface area contributed by atoms with Crippen molar-refractivity contribution in [3.63, 3.8) is 0 Å². The highest BCUT2D eigenvalue weighted by Crippen LogP contribution is 2.32. The molecule has 0 saturated carbocycles. The van der Waals surface area contributed by atoms with E-state index in [0.29, 0.717) is 0 Å². The van der Waals surface area contributed by atoms with Gasteiger partial charge in [-0.3, -0.25) is 9.88 Å². The number of rotatable bonds is 5. The van der Waals surface area contributed by atoms with Gasteiger partial charge >= 0.3 is 0 Å². The van der Waals surface area contributed by atoms with E-state index < -0.39 is 0 Å². The second-order valence-corrected chi connectivity index (χ2v) is 8.04. The lowest BCUT2D eigenvalue weighted by atomic mass is 10.0. The van der Waals surface area contributed by atoms with Crippen LogP contribution in [0.1, 0.15) is 29.7 Å². The van der Waals surface area contributed by atoms with Crippen molar-refractivity contribution in [3.05, 3.63) is 65.6 Å². The molecule has 0 N–H and O–H groups in total. The summed E-state index contributed by atoms with van der Waals surface area (Å²) in [6, 6.07) is 12.3. The number of hydrogen-bond acceptors (Lipinski definition) is 6. The van der Waals surface area contributed by atoms with Gasteiger partial charge in [0.15, 0.2) is 5.82 Å². The zero-order valence-electron chi connectivity index (χ0n) is 17.4. The van der Waals surface area contributed by atoms with Crippen LogP contribution in [-0.4, -0.2) is 46.6 Å². The van der Waals surface area contributed by atoms with E-state index in [1.54, 1.807) is 7.11 Å². The summed E-state index contributed by atoms with van der Waals surface area (Å²) in [7, 11) is 1.72. The molecule has 3 aromatic rings. The number of pyridine rings is 1. The van der Waals surface area contributed by atoms with Gasteiger partial charge in [0.05, 0.1) is 12.8 Å². The van der Waals surface area contributed by atoms with Crippen molar-refractivity contribution in [2.24, 2.45) is 0 Å². The van der Waals surface area contributed by atoms with Gasteiger partial charge in [-0.05, 0) is 42.7 Å². The Bertz CT molecular complexity index is 1020. The second kappa shape index (κ2) is 8.40. The molecule has 6 nitrogen and oxygen atoms in total. The van der Waals surface area contributed by atoms with Gasteiger partial charge in [0, 0.05) is 62.7 Å². The van der Waals surface area contributed by atoms with Crippen LogP contribution >= 0.6 is 0 Å². The van der Waals surface area contributed by atoms with Crippen LogP contribution in [0.2, 0.25) is 0 Å². The fourth-order valence-electron chi connectivity index (χ4n) is 4.44. The van der Waals surface area contributed by atoms with Gasteiger partial charge in [0.1, 0.15) is 11.6 Å². The highest BCUT2D eigenvalue weighted by Gasteiger charge is 2.27. The van der Waals surface area contributed by atoms with E-state index in [9.17, 15) is 0 Å². The standard InChI is InChI=1S/C24H27N5O/c1-30-20-6-4-5-18(15-20)16-28-14-9-22-21(17-28)24(29-12-2-3-13-29)27-23(26-22)19-7-10-25-11-8-19/h4-8,10-11,15H,2-3,9,12-14,16-17H2,1H3. The van der Waals surface area contributed by atoms with Gasteiger partial charge in [-0.25, -0.2) is 9.97 Å². The Morgan fingerprint density at radius 1 is 1.00 bits per heavy atom. The molecule has 30 heavy (non-hydrogen) atoms. The van der Waals surface area contributed by atoms with Gasteiger partial charge in [-0.15, -0.1) is 0 Å². The summed E-state index contributed by atoms with van der Waals surface area (Å²) in [6.45, 7) is 4.94. The maximum atomic E-state index is 5.39. The van der Waals surface area contributed by atoms with Crippen molar-refractivity contribution in [2.75, 3.05) is 31.6 Å². The molecule has 0 aliphatic carbocycles. The summed E-state index contributed by atoms with van der Waals surface area (Å²) in [4.78, 5) is 19.1. The molecular formula is C24H27N5O. The lowest BCUT2D eigenvalue weighted by Gasteiger charge is -2.32. The number of methoxy groups -OCH3 is 1. The Balaban J connectivity index is 1.46. The Kier molecular flexibility index (Phi) is 5.32. The maximum absolute atomic E-state index is 5.39. The van der Waals surface area contributed by atoms with E-state index in [1.165, 1.54) is 29.7 Å². The molecule has 154 valence electrons. The second-order valence-electron chi connectivity index (χ2n) is 8.04. The van der Waals surface area contributed by atoms with Gasteiger partial charge in [0.2, 0.25) is 0 Å². The largest absolute Gasteiger partial charge is 0.497 e. The molecule has 1 fully saturated rings. The van der Waals surface area contributed by atoms with Crippen molar-refractivity contribution >= 4 is 5.82 Å². The Labute approximate surface area is 177 Å². The molecular weight excluding hydrogens is 374 g/mol. The zero-order chi connectivity index (χ0) is 20.3. The third-order valence-electron chi connectivity index (χ3n) is 6.00. The first kappa shape index (κ1) is 19.0. The number of anilines is 1. The summed E-state index contributed by atoms with van der Waals surface area (Å²) in [5, 5.41) is 0. The SMILES string of the molecule is COc1cccc(CN2CCc3nc(-c4ccncc4)nc(N4CCCC4)c3C2)c1. The predicted octanol–water partition coefficient (Wildman–Crippen LogP) is 3.71. The van der Waals surface area contributed by atoms with E-state index in [0.717, 1.165) is 62.1 Å². The molecule has 2 aliphatic rings. The minimum absolute atomic E-state index is 0.819. The van der Waals surface area contributed by atoms with Crippen LogP contribution in [0.15, 0.2) is 48.8 Å². The van der Waals surface area contributed by atoms with E-state index >= 15 is 0 Å². The lowest BCUT2D eigenvalue weighted by Crippen LogP contribution is -2.33. The van der Waals surface area contributed by atoms with Crippen LogP contribution < -0.4 is 9.64 Å². The molecule has 1 saturated heterocycles. The van der Waals surface area contributed by atoms with Gasteiger partial charge < -0.3 is 9.64 Å². The smallest absolute Gasteiger partial charge is 0.161 e. The van der Waals surface area contributed by atoms with E-state index in [1.807, 2.05) is 30.6 Å². The number of aromatic nitrogens is 3. The van der Waals surface area contributed by atoms with Gasteiger partial charge in [-0.2, -0.15) is 0 Å². The minimum atomic E-state index is 0.819. The molecule has 4 heterocycles. The third-order valence-corrected chi connectivity index (χ3v) is 6.00. The minimum Gasteiger partial charge on any atom is -0.497 e. The first-order valence-electron chi connectivity index (χ1n) is 10.7. The van der Waals surface area contributed by atoms with E-state index in [4.69, 9.17) is 14.7 Å². The van der Waals surface area contributed by atoms with Crippen LogP contribution in [-0.2, 0) is 19.5 Å². The summed E-state index contributed by atoms with van der Waals surface area (Å²) >= 11 is 0. The molecule has 0 unspecified atom stereocenters. The summed E-state index contributed by atoms with van der Waals surface area (Å²) in [5.74, 6) is 2.85. The van der Waals surface area contributed by atoms with Crippen molar-refractivity contribution in [3.8, 4) is 17.1 Å². The highest BCUT2D eigenvalue weighted by molar-refractivity contribution is 5.61. The Morgan fingerprint density at radius 2 is 1.83 bits per heavy atom. The predicted molar refractivity (Wildman–Crippen MR) is 118 cm³/mol. The topological polar surface area (TPSA) is 54.4 Å². The van der Waals surface area contributed by atoms with Crippen LogP contribution in [0.5, 0.6) is 5.75 Å². The molecule has 0 bridgehead atoms. The van der Waals surface area contributed by atoms with Crippen molar-refractivity contribution in [1.82, 2.24) is 19.9 Å². The lowest BCUT2D eigenvalue weighted by molar-refractivity contribution is 0.243. The van der Waals surface area contributed by atoms with Gasteiger partial charge in [0.25, 0.3) is 0 Å². The van der Waals surface area contributed by atoms with Crippen molar-refractivity contribution < 1.29 is 4.74 Å². The number of ether oxygens (including phenoxy) is 1. The molecule has 0 radical (unpaired) electrons.